The number of nitrogens with two attached hydrogens (primary N) is 1. The predicted molar refractivity (Wildman–Crippen MR) is 63.9 cm³/mol. The highest BCUT2D eigenvalue weighted by atomic mass is 35.5. The Bertz CT molecular complexity index is 358. The van der Waals surface area contributed by atoms with Crippen LogP contribution < -0.4 is 5.73 Å². The van der Waals surface area contributed by atoms with Gasteiger partial charge in [-0.1, -0.05) is 17.7 Å². The van der Waals surface area contributed by atoms with Crippen molar-refractivity contribution in [2.24, 2.45) is 11.7 Å². The van der Waals surface area contributed by atoms with E-state index in [1.54, 1.807) is 12.1 Å². The Kier molecular flexibility index (Phi) is 3.54. The van der Waals surface area contributed by atoms with Crippen LogP contribution in [-0.2, 0) is 6.42 Å². The van der Waals surface area contributed by atoms with Gasteiger partial charge >= 0.3 is 0 Å². The highest BCUT2D eigenvalue weighted by Gasteiger charge is 2.24. The zero-order chi connectivity index (χ0) is 10.8. The fourth-order valence-electron chi connectivity index (χ4n) is 1.79. The van der Waals surface area contributed by atoms with Crippen molar-refractivity contribution >= 4 is 23.4 Å². The molecule has 4 heteroatoms. The summed E-state index contributed by atoms with van der Waals surface area (Å²) in [4.78, 5) is 0. The van der Waals surface area contributed by atoms with Crippen molar-refractivity contribution in [3.63, 3.8) is 0 Å². The molecule has 1 aliphatic heterocycles. The summed E-state index contributed by atoms with van der Waals surface area (Å²) in [6.45, 7) is 0. The first-order valence-electron chi connectivity index (χ1n) is 4.94. The summed E-state index contributed by atoms with van der Waals surface area (Å²) in [7, 11) is 0. The summed E-state index contributed by atoms with van der Waals surface area (Å²) in [6.07, 6.45) is 0.897. The molecule has 0 bridgehead atoms. The maximum absolute atomic E-state index is 12.9. The van der Waals surface area contributed by atoms with Gasteiger partial charge in [0.25, 0.3) is 0 Å². The standard InChI is InChI=1S/C11H13ClFNS/c12-9-4-7(1-2-10(9)13)3-8-5-15-6-11(8)14/h1-2,4,8,11H,3,5-6,14H2. The van der Waals surface area contributed by atoms with Gasteiger partial charge in [0, 0.05) is 11.8 Å². The first-order valence-corrected chi connectivity index (χ1v) is 6.47. The molecule has 0 aliphatic carbocycles. The van der Waals surface area contributed by atoms with Gasteiger partial charge in [0.05, 0.1) is 5.02 Å². The van der Waals surface area contributed by atoms with Gasteiger partial charge in [-0.2, -0.15) is 11.8 Å². The molecule has 1 aromatic carbocycles. The Morgan fingerprint density at radius 1 is 1.47 bits per heavy atom. The van der Waals surface area contributed by atoms with Gasteiger partial charge in [0.1, 0.15) is 5.82 Å². The van der Waals surface area contributed by atoms with E-state index < -0.39 is 0 Å². The monoisotopic (exact) mass is 245 g/mol. The molecular formula is C11H13ClFNS. The van der Waals surface area contributed by atoms with Gasteiger partial charge in [0.15, 0.2) is 0 Å². The fourth-order valence-corrected chi connectivity index (χ4v) is 3.35. The lowest BCUT2D eigenvalue weighted by Crippen LogP contribution is -2.29. The maximum Gasteiger partial charge on any atom is 0.141 e. The molecule has 2 unspecified atom stereocenters. The smallest absolute Gasteiger partial charge is 0.141 e. The van der Waals surface area contributed by atoms with Crippen LogP contribution in [0.25, 0.3) is 0 Å². The molecule has 0 saturated carbocycles. The highest BCUT2D eigenvalue weighted by Crippen LogP contribution is 2.27. The molecule has 0 aromatic heterocycles. The number of hydrogen-bond acceptors (Lipinski definition) is 2. The van der Waals surface area contributed by atoms with Gasteiger partial charge in [-0.25, -0.2) is 4.39 Å². The van der Waals surface area contributed by atoms with E-state index in [1.165, 1.54) is 6.07 Å². The van der Waals surface area contributed by atoms with Crippen LogP contribution in [0, 0.1) is 11.7 Å². The Labute approximate surface area is 98.2 Å². The molecule has 2 N–H and O–H groups in total. The second-order valence-electron chi connectivity index (χ2n) is 3.91. The van der Waals surface area contributed by atoms with Gasteiger partial charge in [-0.15, -0.1) is 0 Å². The molecule has 0 radical (unpaired) electrons. The molecule has 1 fully saturated rings. The SMILES string of the molecule is NC1CSCC1Cc1ccc(F)c(Cl)c1. The van der Waals surface area contributed by atoms with Gasteiger partial charge in [-0.3, -0.25) is 0 Å². The number of benzene rings is 1. The molecule has 15 heavy (non-hydrogen) atoms. The number of hydrogen-bond donors (Lipinski definition) is 1. The quantitative estimate of drug-likeness (QED) is 0.867. The highest BCUT2D eigenvalue weighted by molar-refractivity contribution is 7.99. The normalized spacial score (nSPS) is 25.8. The second-order valence-corrected chi connectivity index (χ2v) is 5.40. The summed E-state index contributed by atoms with van der Waals surface area (Å²) in [5, 5.41) is 0.201. The molecule has 0 spiro atoms. The van der Waals surface area contributed by atoms with E-state index >= 15 is 0 Å². The molecule has 1 saturated heterocycles. The summed E-state index contributed by atoms with van der Waals surface area (Å²) < 4.78 is 12.9. The van der Waals surface area contributed by atoms with Gasteiger partial charge in [-0.05, 0) is 35.8 Å². The number of thioether (sulfide) groups is 1. The van der Waals surface area contributed by atoms with Crippen LogP contribution in [0.2, 0.25) is 5.02 Å². The largest absolute Gasteiger partial charge is 0.327 e. The van der Waals surface area contributed by atoms with Crippen LogP contribution >= 0.6 is 23.4 Å². The third-order valence-electron chi connectivity index (χ3n) is 2.73. The molecule has 1 heterocycles. The van der Waals surface area contributed by atoms with Crippen molar-refractivity contribution in [1.29, 1.82) is 0 Å². The lowest BCUT2D eigenvalue weighted by molar-refractivity contribution is 0.514. The number of halogens is 2. The molecular weight excluding hydrogens is 233 g/mol. The lowest BCUT2D eigenvalue weighted by atomic mass is 9.96. The zero-order valence-electron chi connectivity index (χ0n) is 8.25. The van der Waals surface area contributed by atoms with E-state index in [1.807, 2.05) is 11.8 Å². The Balaban J connectivity index is 2.07. The van der Waals surface area contributed by atoms with Gasteiger partial charge < -0.3 is 5.73 Å². The van der Waals surface area contributed by atoms with E-state index in [9.17, 15) is 4.39 Å². The Morgan fingerprint density at radius 3 is 2.87 bits per heavy atom. The minimum Gasteiger partial charge on any atom is -0.327 e. The molecule has 82 valence electrons. The number of rotatable bonds is 2. The first-order chi connectivity index (χ1) is 7.16. The van der Waals surface area contributed by atoms with Crippen LogP contribution in [0.5, 0.6) is 0 Å². The van der Waals surface area contributed by atoms with Crippen molar-refractivity contribution in [1.82, 2.24) is 0 Å². The van der Waals surface area contributed by atoms with E-state index in [2.05, 4.69) is 0 Å². The average Bonchev–Trinajstić information content (AvgIpc) is 2.59. The Hall–Kier alpha value is -0.250. The molecule has 1 aromatic rings. The predicted octanol–water partition coefficient (Wildman–Crippen LogP) is 2.71. The topological polar surface area (TPSA) is 26.0 Å². The van der Waals surface area contributed by atoms with Crippen molar-refractivity contribution in [3.8, 4) is 0 Å². The van der Waals surface area contributed by atoms with Crippen molar-refractivity contribution in [2.45, 2.75) is 12.5 Å². The van der Waals surface area contributed by atoms with Crippen LogP contribution in [0.1, 0.15) is 5.56 Å². The maximum atomic E-state index is 12.9. The van der Waals surface area contributed by atoms with Crippen LogP contribution in [0.4, 0.5) is 4.39 Å². The van der Waals surface area contributed by atoms with Crippen LogP contribution in [-0.4, -0.2) is 17.5 Å². The minimum absolute atomic E-state index is 0.201. The van der Waals surface area contributed by atoms with E-state index in [0.717, 1.165) is 23.5 Å². The molecule has 1 aliphatic rings. The summed E-state index contributed by atoms with van der Waals surface area (Å²) in [6, 6.07) is 5.17. The van der Waals surface area contributed by atoms with Crippen molar-refractivity contribution in [3.05, 3.63) is 34.6 Å². The van der Waals surface area contributed by atoms with E-state index in [4.69, 9.17) is 17.3 Å². The summed E-state index contributed by atoms with van der Waals surface area (Å²) in [5.41, 5.74) is 7.04. The van der Waals surface area contributed by atoms with E-state index in [0.29, 0.717) is 5.92 Å². The zero-order valence-corrected chi connectivity index (χ0v) is 9.82. The minimum atomic E-state index is -0.356. The van der Waals surface area contributed by atoms with Crippen molar-refractivity contribution in [2.75, 3.05) is 11.5 Å². The van der Waals surface area contributed by atoms with Crippen LogP contribution in [0.3, 0.4) is 0 Å². The van der Waals surface area contributed by atoms with Crippen LogP contribution in [0.15, 0.2) is 18.2 Å². The first kappa shape index (κ1) is 11.2. The molecule has 0 amide bonds. The third-order valence-corrected chi connectivity index (χ3v) is 4.30. The molecule has 2 atom stereocenters. The van der Waals surface area contributed by atoms with E-state index in [-0.39, 0.29) is 16.9 Å². The molecule has 1 nitrogen and oxygen atoms in total. The second kappa shape index (κ2) is 4.73. The summed E-state index contributed by atoms with van der Waals surface area (Å²) in [5.74, 6) is 2.26. The third kappa shape index (κ3) is 2.65. The molecule has 2 rings (SSSR count). The van der Waals surface area contributed by atoms with Gasteiger partial charge in [0.2, 0.25) is 0 Å². The lowest BCUT2D eigenvalue weighted by Gasteiger charge is -2.14. The fraction of sp³-hybridized carbons (Fsp3) is 0.455. The average molecular weight is 246 g/mol. The van der Waals surface area contributed by atoms with Crippen molar-refractivity contribution < 1.29 is 4.39 Å². The Morgan fingerprint density at radius 2 is 2.27 bits per heavy atom. The summed E-state index contributed by atoms with van der Waals surface area (Å²) >= 11 is 7.61.